The lowest BCUT2D eigenvalue weighted by Crippen LogP contribution is -2.25. The summed E-state index contributed by atoms with van der Waals surface area (Å²) in [6, 6.07) is 0. The molecule has 0 aliphatic heterocycles. The molecule has 12 heavy (non-hydrogen) atoms. The highest BCUT2D eigenvalue weighted by atomic mass is 17.2. The molecule has 0 rings (SSSR count). The Bertz CT molecular complexity index is 148. The van der Waals surface area contributed by atoms with Crippen molar-refractivity contribution >= 4 is 6.16 Å². The quantitative estimate of drug-likeness (QED) is 0.309. The van der Waals surface area contributed by atoms with Gasteiger partial charge in [0.05, 0.1) is 5.60 Å². The number of hydrogen-bond acceptors (Lipinski definition) is 4. The minimum absolute atomic E-state index is 0.476. The fourth-order valence-corrected chi connectivity index (χ4v) is 0.374. The maximum absolute atomic E-state index is 9.98. The zero-order valence-corrected chi connectivity index (χ0v) is 7.66. The van der Waals surface area contributed by atoms with E-state index >= 15 is 0 Å². The minimum atomic E-state index is -1.39. The molecule has 1 atom stereocenters. The van der Waals surface area contributed by atoms with Crippen molar-refractivity contribution in [2.75, 3.05) is 0 Å². The van der Waals surface area contributed by atoms with Crippen LogP contribution in [0.4, 0.5) is 4.79 Å². The second-order valence-corrected chi connectivity index (χ2v) is 3.24. The van der Waals surface area contributed by atoms with E-state index in [2.05, 4.69) is 9.62 Å². The van der Waals surface area contributed by atoms with E-state index < -0.39 is 18.0 Å². The molecule has 0 saturated carbocycles. The summed E-state index contributed by atoms with van der Waals surface area (Å²) in [5.74, 6) is 0. The normalized spacial score (nSPS) is 14.0. The van der Waals surface area contributed by atoms with E-state index in [4.69, 9.17) is 9.99 Å². The summed E-state index contributed by atoms with van der Waals surface area (Å²) < 4.78 is 4.22. The van der Waals surface area contributed by atoms with E-state index in [-0.39, 0.29) is 0 Å². The van der Waals surface area contributed by atoms with Crippen molar-refractivity contribution in [1.29, 1.82) is 0 Å². The number of hydrogen-bond donors (Lipinski definition) is 1. The predicted octanol–water partition coefficient (Wildman–Crippen LogP) is 1.77. The van der Waals surface area contributed by atoms with Crippen molar-refractivity contribution in [2.24, 2.45) is 0 Å². The fraction of sp³-hybridized carbons (Fsp3) is 0.857. The maximum atomic E-state index is 9.98. The number of rotatable bonds is 3. The average molecular weight is 178 g/mol. The lowest BCUT2D eigenvalue weighted by atomic mass is 10.2. The van der Waals surface area contributed by atoms with E-state index in [1.165, 1.54) is 6.92 Å². The lowest BCUT2D eigenvalue weighted by Gasteiger charge is -2.19. The molecule has 0 aliphatic rings. The Labute approximate surface area is 71.2 Å². The van der Waals surface area contributed by atoms with Gasteiger partial charge in [0.1, 0.15) is 0 Å². The summed E-state index contributed by atoms with van der Waals surface area (Å²) in [5.41, 5.74) is -0.476. The first-order valence-corrected chi connectivity index (χ1v) is 3.55. The minimum Gasteiger partial charge on any atom is -0.450 e. The summed E-state index contributed by atoms with van der Waals surface area (Å²) in [6.45, 7) is 6.77. The molecule has 0 aromatic heterocycles. The van der Waals surface area contributed by atoms with Gasteiger partial charge in [0, 0.05) is 6.92 Å². The summed E-state index contributed by atoms with van der Waals surface area (Å²) >= 11 is 0. The van der Waals surface area contributed by atoms with E-state index in [1.807, 2.05) is 0 Å². The van der Waals surface area contributed by atoms with E-state index in [0.29, 0.717) is 0 Å². The third-order valence-corrected chi connectivity index (χ3v) is 0.700. The van der Waals surface area contributed by atoms with Gasteiger partial charge >= 0.3 is 6.16 Å². The first-order valence-electron chi connectivity index (χ1n) is 3.55. The van der Waals surface area contributed by atoms with Crippen LogP contribution in [0.25, 0.3) is 0 Å². The Balaban J connectivity index is 3.57. The van der Waals surface area contributed by atoms with Gasteiger partial charge in [0.2, 0.25) is 6.29 Å². The molecule has 1 unspecified atom stereocenters. The molecule has 0 fully saturated rings. The molecule has 5 nitrogen and oxygen atoms in total. The summed E-state index contributed by atoms with van der Waals surface area (Å²) in [7, 11) is 0. The molecule has 0 saturated heterocycles. The third-order valence-electron chi connectivity index (χ3n) is 0.700. The highest BCUT2D eigenvalue weighted by Crippen LogP contribution is 2.09. The van der Waals surface area contributed by atoms with Gasteiger partial charge in [-0.25, -0.2) is 9.68 Å². The monoisotopic (exact) mass is 178 g/mol. The zero-order valence-electron chi connectivity index (χ0n) is 7.66. The first kappa shape index (κ1) is 11.2. The Kier molecular flexibility index (Phi) is 3.99. The molecule has 0 aromatic rings. The molecule has 1 N–H and O–H groups in total. The first-order chi connectivity index (χ1) is 5.31. The van der Waals surface area contributed by atoms with Gasteiger partial charge in [-0.05, 0) is 20.8 Å². The van der Waals surface area contributed by atoms with Crippen molar-refractivity contribution < 1.29 is 24.4 Å². The Morgan fingerprint density at radius 1 is 1.42 bits per heavy atom. The molecule has 0 aliphatic carbocycles. The van der Waals surface area contributed by atoms with Crippen molar-refractivity contribution in [1.82, 2.24) is 0 Å². The molecular formula is C7H14O5. The molecule has 0 heterocycles. The molecule has 0 bridgehead atoms. The molecule has 0 spiro atoms. The van der Waals surface area contributed by atoms with Crippen LogP contribution in [-0.4, -0.2) is 23.2 Å². The van der Waals surface area contributed by atoms with Crippen LogP contribution in [0, 0.1) is 0 Å². The second-order valence-electron chi connectivity index (χ2n) is 3.24. The van der Waals surface area contributed by atoms with Gasteiger partial charge in [0.15, 0.2) is 0 Å². The van der Waals surface area contributed by atoms with E-state index in [0.717, 1.165) is 0 Å². The van der Waals surface area contributed by atoms with Crippen molar-refractivity contribution in [3.8, 4) is 0 Å². The lowest BCUT2D eigenvalue weighted by molar-refractivity contribution is -0.404. The van der Waals surface area contributed by atoms with Gasteiger partial charge in [-0.3, -0.25) is 0 Å². The van der Waals surface area contributed by atoms with Gasteiger partial charge in [-0.2, -0.15) is 4.89 Å². The second kappa shape index (κ2) is 4.27. The van der Waals surface area contributed by atoms with Gasteiger partial charge in [0.25, 0.3) is 0 Å². The van der Waals surface area contributed by atoms with Crippen LogP contribution < -0.4 is 0 Å². The van der Waals surface area contributed by atoms with Crippen LogP contribution in [0.3, 0.4) is 0 Å². The molecular weight excluding hydrogens is 164 g/mol. The smallest absolute Gasteiger partial charge is 0.450 e. The van der Waals surface area contributed by atoms with Gasteiger partial charge in [-0.1, -0.05) is 0 Å². The topological polar surface area (TPSA) is 65.0 Å². The highest BCUT2D eigenvalue weighted by Gasteiger charge is 2.15. The Morgan fingerprint density at radius 3 is 2.25 bits per heavy atom. The zero-order chi connectivity index (χ0) is 9.78. The van der Waals surface area contributed by atoms with Gasteiger partial charge in [-0.15, -0.1) is 0 Å². The van der Waals surface area contributed by atoms with Crippen molar-refractivity contribution in [3.63, 3.8) is 0 Å². The SMILES string of the molecule is CC(OOC(C)(C)C)OC(=O)O. The Hall–Kier alpha value is -0.810. The highest BCUT2D eigenvalue weighted by molar-refractivity contribution is 5.56. The van der Waals surface area contributed by atoms with Gasteiger partial charge < -0.3 is 9.84 Å². The predicted molar refractivity (Wildman–Crippen MR) is 40.5 cm³/mol. The fourth-order valence-electron chi connectivity index (χ4n) is 0.374. The van der Waals surface area contributed by atoms with Crippen molar-refractivity contribution in [2.45, 2.75) is 39.6 Å². The number of carbonyl (C=O) groups is 1. The maximum Gasteiger partial charge on any atom is 0.508 e. The van der Waals surface area contributed by atoms with Crippen LogP contribution in [0.5, 0.6) is 0 Å². The van der Waals surface area contributed by atoms with Crippen LogP contribution in [0.2, 0.25) is 0 Å². The summed E-state index contributed by atoms with van der Waals surface area (Å²) in [5, 5.41) is 8.16. The van der Waals surface area contributed by atoms with Crippen LogP contribution in [0.1, 0.15) is 27.7 Å². The van der Waals surface area contributed by atoms with Crippen LogP contribution >= 0.6 is 0 Å². The van der Waals surface area contributed by atoms with E-state index in [9.17, 15) is 4.79 Å². The largest absolute Gasteiger partial charge is 0.508 e. The molecule has 0 aromatic carbocycles. The molecule has 0 amide bonds. The molecule has 0 radical (unpaired) electrons. The standard InChI is InChI=1S/C7H14O5/c1-5(10-6(8)9)11-12-7(2,3)4/h5H,1-4H3,(H,8,9). The summed E-state index contributed by atoms with van der Waals surface area (Å²) in [6.07, 6.45) is -2.30. The van der Waals surface area contributed by atoms with Crippen LogP contribution in [-0.2, 0) is 14.5 Å². The molecule has 5 heteroatoms. The number of ether oxygens (including phenoxy) is 1. The Morgan fingerprint density at radius 2 is 1.92 bits per heavy atom. The van der Waals surface area contributed by atoms with Crippen molar-refractivity contribution in [3.05, 3.63) is 0 Å². The van der Waals surface area contributed by atoms with E-state index in [1.54, 1.807) is 20.8 Å². The number of carboxylic acid groups (broad SMARTS) is 1. The summed E-state index contributed by atoms with van der Waals surface area (Å²) in [4.78, 5) is 19.4. The molecule has 72 valence electrons. The third kappa shape index (κ3) is 7.30. The van der Waals surface area contributed by atoms with Crippen LogP contribution in [0.15, 0.2) is 0 Å². The average Bonchev–Trinajstić information content (AvgIpc) is 1.80.